The summed E-state index contributed by atoms with van der Waals surface area (Å²) in [5, 5.41) is 0. The molecule has 0 aromatic heterocycles. The molecular formula is C10H17NO2. The molecule has 0 spiro atoms. The van der Waals surface area contributed by atoms with Crippen LogP contribution in [0.15, 0.2) is 12.8 Å². The van der Waals surface area contributed by atoms with E-state index in [0.717, 1.165) is 4.90 Å². The molecule has 0 N–H and O–H groups in total. The first-order chi connectivity index (χ1) is 5.91. The molecule has 0 aliphatic rings. The lowest BCUT2D eigenvalue weighted by atomic mass is 10.1. The monoisotopic (exact) mass is 183 g/mol. The third-order valence-electron chi connectivity index (χ3n) is 1.65. The van der Waals surface area contributed by atoms with Crippen molar-refractivity contribution in [3.63, 3.8) is 0 Å². The zero-order valence-corrected chi connectivity index (χ0v) is 8.70. The molecule has 0 fully saturated rings. The van der Waals surface area contributed by atoms with Crippen LogP contribution < -0.4 is 0 Å². The molecule has 0 saturated heterocycles. The Morgan fingerprint density at radius 3 is 1.54 bits per heavy atom. The normalized spacial score (nSPS) is 10.3. The van der Waals surface area contributed by atoms with E-state index < -0.39 is 0 Å². The fraction of sp³-hybridized carbons (Fsp3) is 0.600. The first kappa shape index (κ1) is 11.9. The number of hydrogen-bond acceptors (Lipinski definition) is 2. The molecule has 3 heteroatoms. The van der Waals surface area contributed by atoms with Gasteiger partial charge in [0.05, 0.1) is 0 Å². The molecule has 0 saturated carbocycles. The summed E-state index contributed by atoms with van der Waals surface area (Å²) in [6, 6.07) is 0. The second kappa shape index (κ2) is 4.80. The fourth-order valence-electron chi connectivity index (χ4n) is 0.845. The van der Waals surface area contributed by atoms with E-state index in [0.29, 0.717) is 0 Å². The molecule has 0 aromatic rings. The Bertz CT molecular complexity index is 199. The van der Waals surface area contributed by atoms with Gasteiger partial charge in [0.25, 0.3) is 0 Å². The van der Waals surface area contributed by atoms with E-state index in [1.165, 1.54) is 6.20 Å². The second-order valence-corrected chi connectivity index (χ2v) is 3.54. The second-order valence-electron chi connectivity index (χ2n) is 3.54. The zero-order valence-electron chi connectivity index (χ0n) is 8.70. The summed E-state index contributed by atoms with van der Waals surface area (Å²) in [5.74, 6) is -0.760. The van der Waals surface area contributed by atoms with Crippen molar-refractivity contribution < 1.29 is 9.59 Å². The summed E-state index contributed by atoms with van der Waals surface area (Å²) in [4.78, 5) is 24.0. The van der Waals surface area contributed by atoms with Crippen LogP contribution in [0.25, 0.3) is 0 Å². The molecule has 2 amide bonds. The first-order valence-electron chi connectivity index (χ1n) is 4.41. The van der Waals surface area contributed by atoms with Gasteiger partial charge in [-0.25, -0.2) is 0 Å². The van der Waals surface area contributed by atoms with Crippen molar-refractivity contribution >= 4 is 11.8 Å². The lowest BCUT2D eigenvalue weighted by Gasteiger charge is -2.19. The minimum atomic E-state index is -0.200. The van der Waals surface area contributed by atoms with Crippen LogP contribution in [0, 0.1) is 11.8 Å². The number of hydrogen-bond donors (Lipinski definition) is 0. The lowest BCUT2D eigenvalue weighted by Crippen LogP contribution is -2.37. The summed E-state index contributed by atoms with van der Waals surface area (Å²) < 4.78 is 0. The predicted molar refractivity (Wildman–Crippen MR) is 51.7 cm³/mol. The molecule has 74 valence electrons. The zero-order chi connectivity index (χ0) is 10.6. The maximum absolute atomic E-state index is 11.5. The van der Waals surface area contributed by atoms with Crippen molar-refractivity contribution in [1.82, 2.24) is 4.90 Å². The summed E-state index contributed by atoms with van der Waals surface area (Å²) in [7, 11) is 0. The van der Waals surface area contributed by atoms with Crippen LogP contribution in [-0.2, 0) is 9.59 Å². The van der Waals surface area contributed by atoms with Crippen LogP contribution in [0.5, 0.6) is 0 Å². The first-order valence-corrected chi connectivity index (χ1v) is 4.41. The van der Waals surface area contributed by atoms with Crippen LogP contribution >= 0.6 is 0 Å². The minimum absolute atomic E-state index is 0.180. The topological polar surface area (TPSA) is 37.4 Å². The van der Waals surface area contributed by atoms with Gasteiger partial charge in [-0.2, -0.15) is 0 Å². The van der Waals surface area contributed by atoms with Gasteiger partial charge in [-0.3, -0.25) is 14.5 Å². The van der Waals surface area contributed by atoms with E-state index in [1.54, 1.807) is 27.7 Å². The molecule has 3 nitrogen and oxygen atoms in total. The van der Waals surface area contributed by atoms with E-state index >= 15 is 0 Å². The summed E-state index contributed by atoms with van der Waals surface area (Å²) in [5.41, 5.74) is 0. The molecular weight excluding hydrogens is 166 g/mol. The van der Waals surface area contributed by atoms with Gasteiger partial charge < -0.3 is 0 Å². The minimum Gasteiger partial charge on any atom is -0.274 e. The number of rotatable bonds is 3. The Balaban J connectivity index is 4.61. The van der Waals surface area contributed by atoms with E-state index in [1.807, 2.05) is 0 Å². The maximum Gasteiger partial charge on any atom is 0.235 e. The van der Waals surface area contributed by atoms with Gasteiger partial charge in [-0.05, 0) is 0 Å². The largest absolute Gasteiger partial charge is 0.274 e. The third-order valence-corrected chi connectivity index (χ3v) is 1.65. The Hall–Kier alpha value is -1.12. The van der Waals surface area contributed by atoms with Crippen LogP contribution in [0.3, 0.4) is 0 Å². The van der Waals surface area contributed by atoms with Gasteiger partial charge in [-0.15, -0.1) is 0 Å². The SMILES string of the molecule is C=CN(C(=O)C(C)C)C(=O)C(C)C. The highest BCUT2D eigenvalue weighted by atomic mass is 16.2. The third kappa shape index (κ3) is 3.01. The van der Waals surface area contributed by atoms with E-state index in [-0.39, 0.29) is 23.7 Å². The quantitative estimate of drug-likeness (QED) is 0.669. The standard InChI is InChI=1S/C10H17NO2/c1-6-11(9(12)7(2)3)10(13)8(4)5/h6-8H,1H2,2-5H3. The van der Waals surface area contributed by atoms with Crippen molar-refractivity contribution in [3.8, 4) is 0 Å². The lowest BCUT2D eigenvalue weighted by molar-refractivity contribution is -0.145. The van der Waals surface area contributed by atoms with Crippen molar-refractivity contribution in [2.45, 2.75) is 27.7 Å². The number of nitrogens with zero attached hydrogens (tertiary/aromatic N) is 1. The smallest absolute Gasteiger partial charge is 0.235 e. The Labute approximate surface area is 79.4 Å². The average Bonchev–Trinajstić information content (AvgIpc) is 2.04. The van der Waals surface area contributed by atoms with Crippen molar-refractivity contribution in [2.75, 3.05) is 0 Å². The summed E-state index contributed by atoms with van der Waals surface area (Å²) in [6.45, 7) is 10.5. The number of carbonyl (C=O) groups is 2. The van der Waals surface area contributed by atoms with Crippen LogP contribution in [0.4, 0.5) is 0 Å². The molecule has 13 heavy (non-hydrogen) atoms. The highest BCUT2D eigenvalue weighted by Gasteiger charge is 2.22. The molecule has 0 atom stereocenters. The number of imide groups is 1. The maximum atomic E-state index is 11.5. The predicted octanol–water partition coefficient (Wildman–Crippen LogP) is 1.80. The van der Waals surface area contributed by atoms with Gasteiger partial charge in [0, 0.05) is 18.0 Å². The number of carbonyl (C=O) groups excluding carboxylic acids is 2. The Kier molecular flexibility index (Phi) is 4.38. The highest BCUT2D eigenvalue weighted by molar-refractivity contribution is 5.97. The Morgan fingerprint density at radius 2 is 1.38 bits per heavy atom. The van der Waals surface area contributed by atoms with Crippen molar-refractivity contribution in [3.05, 3.63) is 12.8 Å². The van der Waals surface area contributed by atoms with Gasteiger partial charge in [0.2, 0.25) is 11.8 Å². The van der Waals surface area contributed by atoms with Gasteiger partial charge in [0.15, 0.2) is 0 Å². The van der Waals surface area contributed by atoms with Gasteiger partial charge in [0.1, 0.15) is 0 Å². The Morgan fingerprint density at radius 1 is 1.08 bits per heavy atom. The molecule has 0 bridgehead atoms. The highest BCUT2D eigenvalue weighted by Crippen LogP contribution is 2.07. The van der Waals surface area contributed by atoms with Gasteiger partial charge in [-0.1, -0.05) is 34.3 Å². The van der Waals surface area contributed by atoms with Crippen molar-refractivity contribution in [2.24, 2.45) is 11.8 Å². The molecule has 0 radical (unpaired) electrons. The van der Waals surface area contributed by atoms with Crippen molar-refractivity contribution in [1.29, 1.82) is 0 Å². The fourth-order valence-corrected chi connectivity index (χ4v) is 0.845. The van der Waals surface area contributed by atoms with Crippen LogP contribution in [0.1, 0.15) is 27.7 Å². The molecule has 0 unspecified atom stereocenters. The molecule has 0 aromatic carbocycles. The molecule has 0 aliphatic heterocycles. The molecule has 0 rings (SSSR count). The van der Waals surface area contributed by atoms with E-state index in [4.69, 9.17) is 0 Å². The molecule has 0 heterocycles. The molecule has 0 aliphatic carbocycles. The van der Waals surface area contributed by atoms with E-state index in [2.05, 4.69) is 6.58 Å². The van der Waals surface area contributed by atoms with E-state index in [9.17, 15) is 9.59 Å². The van der Waals surface area contributed by atoms with Crippen LogP contribution in [-0.4, -0.2) is 16.7 Å². The van der Waals surface area contributed by atoms with Crippen LogP contribution in [0.2, 0.25) is 0 Å². The summed E-state index contributed by atoms with van der Waals surface area (Å²) >= 11 is 0. The number of amides is 2. The summed E-state index contributed by atoms with van der Waals surface area (Å²) in [6.07, 6.45) is 1.28. The average molecular weight is 183 g/mol. The van der Waals surface area contributed by atoms with Gasteiger partial charge >= 0.3 is 0 Å².